The Balaban J connectivity index is 2.20. The molecule has 2 aromatic rings. The molecule has 26 heavy (non-hydrogen) atoms. The van der Waals surface area contributed by atoms with Gasteiger partial charge in [0.2, 0.25) is 0 Å². The van der Waals surface area contributed by atoms with Crippen LogP contribution in [0.4, 0.5) is 11.4 Å². The van der Waals surface area contributed by atoms with Crippen LogP contribution >= 0.6 is 8.86 Å². The first-order valence-corrected chi connectivity index (χ1v) is 9.33. The summed E-state index contributed by atoms with van der Waals surface area (Å²) in [5.74, 6) is -0.263. The summed E-state index contributed by atoms with van der Waals surface area (Å²) in [6.07, 6.45) is 0. The number of nitrogens with zero attached hydrogens (tertiary/aromatic N) is 2. The van der Waals surface area contributed by atoms with Gasteiger partial charge in [0.15, 0.2) is 11.8 Å². The predicted molar refractivity (Wildman–Crippen MR) is 104 cm³/mol. The molecular formula is C16H17N4O4PS. The molecule has 2 aromatic carbocycles. The molecule has 1 unspecified atom stereocenters. The molecule has 8 nitrogen and oxygen atoms in total. The van der Waals surface area contributed by atoms with Crippen molar-refractivity contribution in [3.63, 3.8) is 0 Å². The van der Waals surface area contributed by atoms with Crippen molar-refractivity contribution in [2.45, 2.75) is 6.04 Å². The summed E-state index contributed by atoms with van der Waals surface area (Å²) in [4.78, 5) is 12.7. The predicted octanol–water partition coefficient (Wildman–Crippen LogP) is 2.92. The number of hydrogen-bond acceptors (Lipinski definition) is 5. The second-order valence-corrected chi connectivity index (χ2v) is 6.84. The van der Waals surface area contributed by atoms with Gasteiger partial charge in [0.25, 0.3) is 0 Å². The number of ketones is 1. The van der Waals surface area contributed by atoms with E-state index in [2.05, 4.69) is 24.4 Å². The van der Waals surface area contributed by atoms with E-state index >= 15 is 0 Å². The molecule has 0 aliphatic rings. The summed E-state index contributed by atoms with van der Waals surface area (Å²) < 4.78 is 32.6. The Morgan fingerprint density at radius 2 is 1.77 bits per heavy atom. The van der Waals surface area contributed by atoms with Gasteiger partial charge in [-0.2, -0.15) is 18.6 Å². The second-order valence-electron chi connectivity index (χ2n) is 5.14. The molecule has 0 saturated carbocycles. The highest BCUT2D eigenvalue weighted by Gasteiger charge is 2.23. The number of carbonyl (C=O) groups excluding carboxylic acids is 1. The molecule has 10 heteroatoms. The maximum Gasteiger partial charge on any atom is 0.357 e. The largest absolute Gasteiger partial charge is 0.357 e. The van der Waals surface area contributed by atoms with Gasteiger partial charge in [-0.25, -0.2) is 0 Å². The lowest BCUT2D eigenvalue weighted by Gasteiger charge is -2.15. The quantitative estimate of drug-likeness (QED) is 0.276. The molecule has 0 amide bonds. The van der Waals surface area contributed by atoms with Crippen molar-refractivity contribution in [1.82, 2.24) is 0 Å². The van der Waals surface area contributed by atoms with Gasteiger partial charge in [0, 0.05) is 18.3 Å². The van der Waals surface area contributed by atoms with E-state index < -0.39 is 16.3 Å². The third kappa shape index (κ3) is 5.73. The Labute approximate surface area is 153 Å². The highest BCUT2D eigenvalue weighted by Crippen LogP contribution is 2.18. The van der Waals surface area contributed by atoms with Crippen LogP contribution in [0.1, 0.15) is 10.4 Å². The fraction of sp³-hybridized carbons (Fsp3) is 0.125. The average Bonchev–Trinajstić information content (AvgIpc) is 2.58. The number of carbonyl (C=O) groups is 1. The topological polar surface area (TPSA) is 120 Å². The number of azo groups is 1. The number of hydrogen-bond donors (Lipinski definition) is 3. The molecule has 3 N–H and O–H groups in total. The summed E-state index contributed by atoms with van der Waals surface area (Å²) in [5.41, 5.74) is 1.43. The van der Waals surface area contributed by atoms with Gasteiger partial charge < -0.3 is 5.32 Å². The van der Waals surface area contributed by atoms with Crippen molar-refractivity contribution in [2.75, 3.05) is 17.1 Å². The first kappa shape index (κ1) is 19.7. The van der Waals surface area contributed by atoms with Crippen LogP contribution < -0.4 is 10.0 Å². The van der Waals surface area contributed by atoms with Crippen molar-refractivity contribution >= 4 is 41.7 Å². The highest BCUT2D eigenvalue weighted by atomic mass is 32.2. The van der Waals surface area contributed by atoms with Crippen molar-refractivity contribution in [3.8, 4) is 0 Å². The summed E-state index contributed by atoms with van der Waals surface area (Å²) in [6.45, 7) is 0. The zero-order valence-corrected chi connectivity index (χ0v) is 15.6. The van der Waals surface area contributed by atoms with E-state index in [1.165, 1.54) is 19.2 Å². The fourth-order valence-electron chi connectivity index (χ4n) is 2.15. The highest BCUT2D eigenvalue weighted by molar-refractivity contribution is 7.87. The van der Waals surface area contributed by atoms with E-state index in [0.29, 0.717) is 16.7 Å². The minimum absolute atomic E-state index is 0.153. The van der Waals surface area contributed by atoms with Crippen molar-refractivity contribution in [2.24, 2.45) is 10.2 Å². The van der Waals surface area contributed by atoms with Gasteiger partial charge >= 0.3 is 10.3 Å². The van der Waals surface area contributed by atoms with Gasteiger partial charge in [-0.15, -0.1) is 0 Å². The van der Waals surface area contributed by atoms with Crippen LogP contribution in [0.3, 0.4) is 0 Å². The van der Waals surface area contributed by atoms with Gasteiger partial charge in [-0.1, -0.05) is 45.3 Å². The van der Waals surface area contributed by atoms with Crippen LogP contribution in [0.25, 0.3) is 0 Å². The molecule has 2 rings (SSSR count). The van der Waals surface area contributed by atoms with E-state index in [9.17, 15) is 13.2 Å². The normalized spacial score (nSPS) is 12.5. The van der Waals surface area contributed by atoms with Gasteiger partial charge in [-0.3, -0.25) is 14.1 Å². The lowest BCUT2D eigenvalue weighted by atomic mass is 10.0. The molecule has 0 saturated heterocycles. The first-order valence-electron chi connectivity index (χ1n) is 7.39. The summed E-state index contributed by atoms with van der Waals surface area (Å²) in [7, 11) is 0.447. The van der Waals surface area contributed by atoms with Crippen LogP contribution in [0.5, 0.6) is 0 Å². The Morgan fingerprint density at radius 1 is 1.12 bits per heavy atom. The SMILES string of the molecule is CN=NC(C(=O)c1ccccc1)C(=P)Nc1cccc(NS(=O)(=O)O)c1. The molecule has 136 valence electrons. The molecule has 0 aliphatic carbocycles. The summed E-state index contributed by atoms with van der Waals surface area (Å²) >= 11 is 0. The number of Topliss-reactive ketones (excluding diaryl/α,β-unsaturated/α-hetero) is 1. The van der Waals surface area contributed by atoms with E-state index in [0.717, 1.165) is 0 Å². The summed E-state index contributed by atoms with van der Waals surface area (Å²) in [5, 5.41) is 10.6. The zero-order valence-electron chi connectivity index (χ0n) is 13.7. The second kappa shape index (κ2) is 8.66. The third-order valence-corrected chi connectivity index (χ3v) is 4.09. The zero-order chi connectivity index (χ0) is 19.2. The Kier molecular flexibility index (Phi) is 6.57. The maximum absolute atomic E-state index is 12.7. The van der Waals surface area contributed by atoms with Crippen molar-refractivity contribution < 1.29 is 17.8 Å². The van der Waals surface area contributed by atoms with Crippen LogP contribution in [0.15, 0.2) is 64.8 Å². The molecule has 0 heterocycles. The molecule has 0 fully saturated rings. The van der Waals surface area contributed by atoms with Crippen LogP contribution in [-0.4, -0.2) is 37.3 Å². The molecule has 0 spiro atoms. The minimum atomic E-state index is -4.38. The Hall–Kier alpha value is -2.61. The van der Waals surface area contributed by atoms with Crippen LogP contribution in [0.2, 0.25) is 0 Å². The van der Waals surface area contributed by atoms with E-state index in [1.54, 1.807) is 42.5 Å². The monoisotopic (exact) mass is 392 g/mol. The van der Waals surface area contributed by atoms with Gasteiger partial charge in [0.05, 0.1) is 11.1 Å². The molecule has 0 radical (unpaired) electrons. The Bertz CT molecular complexity index is 932. The molecule has 0 aromatic heterocycles. The fourth-order valence-corrected chi connectivity index (χ4v) is 2.91. The lowest BCUT2D eigenvalue weighted by Crippen LogP contribution is -2.31. The van der Waals surface area contributed by atoms with E-state index in [-0.39, 0.29) is 11.5 Å². The van der Waals surface area contributed by atoms with Gasteiger partial charge in [-0.05, 0) is 18.2 Å². The van der Waals surface area contributed by atoms with Gasteiger partial charge in [0.1, 0.15) is 0 Å². The molecule has 0 bridgehead atoms. The minimum Gasteiger partial charge on any atom is -0.353 e. The lowest BCUT2D eigenvalue weighted by molar-refractivity contribution is 0.0983. The standard InChI is InChI=1S/C16H17N4O4PS/c1-17-19-14(15(21)11-6-3-2-4-7-11)16(25)18-12-8-5-9-13(10-12)20-26(22,23)24/h2-10,14,18,20,25H,1H3,(H,22,23,24). The first-order chi connectivity index (χ1) is 12.3. The number of rotatable bonds is 8. The third-order valence-electron chi connectivity index (χ3n) is 3.20. The average molecular weight is 392 g/mol. The van der Waals surface area contributed by atoms with Crippen molar-refractivity contribution in [3.05, 3.63) is 60.2 Å². The number of anilines is 2. The number of nitrogens with one attached hydrogen (secondary N) is 2. The van der Waals surface area contributed by atoms with E-state index in [4.69, 9.17) is 4.55 Å². The van der Waals surface area contributed by atoms with Crippen LogP contribution in [-0.2, 0) is 10.3 Å². The van der Waals surface area contributed by atoms with Crippen LogP contribution in [0, 0.1) is 0 Å². The molecule has 1 atom stereocenters. The maximum atomic E-state index is 12.7. The Morgan fingerprint density at radius 3 is 2.38 bits per heavy atom. The summed E-state index contributed by atoms with van der Waals surface area (Å²) in [6, 6.07) is 13.9. The molecular weight excluding hydrogens is 375 g/mol. The van der Waals surface area contributed by atoms with E-state index in [1.807, 2.05) is 4.72 Å². The smallest absolute Gasteiger partial charge is 0.353 e. The number of benzene rings is 2. The molecule has 0 aliphatic heterocycles. The van der Waals surface area contributed by atoms with Crippen molar-refractivity contribution in [1.29, 1.82) is 0 Å².